The minimum atomic E-state index is -0.624. The summed E-state index contributed by atoms with van der Waals surface area (Å²) in [5.41, 5.74) is 0. The van der Waals surface area contributed by atoms with Crippen molar-refractivity contribution in [2.24, 2.45) is 0 Å². The Morgan fingerprint density at radius 1 is 1.50 bits per heavy atom. The van der Waals surface area contributed by atoms with Crippen molar-refractivity contribution in [1.29, 1.82) is 5.26 Å². The van der Waals surface area contributed by atoms with Gasteiger partial charge in [0.1, 0.15) is 11.5 Å². The summed E-state index contributed by atoms with van der Waals surface area (Å²) in [4.78, 5) is 24.3. The largest absolute Gasteiger partial charge is 0.462 e. The molecule has 0 aromatic carbocycles. The molecule has 106 valence electrons. The number of carbonyl (C=O) groups is 2. The van der Waals surface area contributed by atoms with E-state index in [1.54, 1.807) is 26.1 Å². The van der Waals surface area contributed by atoms with Crippen LogP contribution in [0.5, 0.6) is 0 Å². The van der Waals surface area contributed by atoms with Crippen molar-refractivity contribution in [3.05, 3.63) is 29.7 Å². The summed E-state index contributed by atoms with van der Waals surface area (Å²) < 4.78 is 10.0. The molecule has 1 heterocycles. The maximum Gasteiger partial charge on any atom is 0.331 e. The number of ether oxygens (including phenoxy) is 1. The fourth-order valence-electron chi connectivity index (χ4n) is 1.33. The smallest absolute Gasteiger partial charge is 0.331 e. The van der Waals surface area contributed by atoms with Crippen molar-refractivity contribution < 1.29 is 18.7 Å². The van der Waals surface area contributed by atoms with E-state index < -0.39 is 5.97 Å². The lowest BCUT2D eigenvalue weighted by Crippen LogP contribution is -2.31. The lowest BCUT2D eigenvalue weighted by molar-refractivity contribution is -0.147. The zero-order chi connectivity index (χ0) is 15.0. The van der Waals surface area contributed by atoms with Gasteiger partial charge >= 0.3 is 5.97 Å². The van der Waals surface area contributed by atoms with Gasteiger partial charge in [0.25, 0.3) is 5.91 Å². The Kier molecular flexibility index (Phi) is 6.04. The van der Waals surface area contributed by atoms with Crippen LogP contribution in [0, 0.1) is 18.3 Å². The summed E-state index contributed by atoms with van der Waals surface area (Å²) in [6, 6.07) is 5.43. The minimum Gasteiger partial charge on any atom is -0.462 e. The molecule has 1 aromatic rings. The zero-order valence-corrected chi connectivity index (χ0v) is 11.5. The molecule has 1 amide bonds. The number of rotatable bonds is 6. The van der Waals surface area contributed by atoms with Gasteiger partial charge in [-0.2, -0.15) is 5.26 Å². The van der Waals surface area contributed by atoms with Gasteiger partial charge in [0.2, 0.25) is 0 Å². The third-order valence-electron chi connectivity index (χ3n) is 2.47. The molecule has 0 N–H and O–H groups in total. The molecular weight excluding hydrogens is 260 g/mol. The second kappa shape index (κ2) is 7.79. The van der Waals surface area contributed by atoms with E-state index in [0.717, 1.165) is 5.76 Å². The first-order chi connectivity index (χ1) is 9.52. The Hall–Kier alpha value is -2.55. The summed E-state index contributed by atoms with van der Waals surface area (Å²) in [5.74, 6) is 0.307. The van der Waals surface area contributed by atoms with Crippen LogP contribution in [0.3, 0.4) is 0 Å². The van der Waals surface area contributed by atoms with Gasteiger partial charge in [0, 0.05) is 19.7 Å². The summed E-state index contributed by atoms with van der Waals surface area (Å²) in [5, 5.41) is 8.40. The van der Waals surface area contributed by atoms with Crippen LogP contribution in [0.1, 0.15) is 17.9 Å². The SMILES string of the molecule is Cc1ccc(/C=C/C(=O)OCC(=O)N(C)CCC#N)o1. The number of hydrogen-bond donors (Lipinski definition) is 0. The molecule has 0 saturated carbocycles. The van der Waals surface area contributed by atoms with Crippen LogP contribution in [0.25, 0.3) is 6.08 Å². The molecule has 6 nitrogen and oxygen atoms in total. The standard InChI is InChI=1S/C14H16N2O4/c1-11-4-5-12(20-11)6-7-14(18)19-10-13(17)16(2)9-3-8-15/h4-7H,3,9-10H2,1-2H3/b7-6+. The number of nitrogens with zero attached hydrogens (tertiary/aromatic N) is 2. The highest BCUT2D eigenvalue weighted by atomic mass is 16.5. The first-order valence-corrected chi connectivity index (χ1v) is 6.05. The highest BCUT2D eigenvalue weighted by Gasteiger charge is 2.10. The Labute approximate surface area is 117 Å². The van der Waals surface area contributed by atoms with Gasteiger partial charge in [-0.05, 0) is 25.1 Å². The average molecular weight is 276 g/mol. The van der Waals surface area contributed by atoms with Crippen LogP contribution >= 0.6 is 0 Å². The normalized spacial score (nSPS) is 10.2. The van der Waals surface area contributed by atoms with Crippen molar-refractivity contribution in [3.8, 4) is 6.07 Å². The minimum absolute atomic E-state index is 0.244. The van der Waals surface area contributed by atoms with E-state index >= 15 is 0 Å². The first kappa shape index (κ1) is 15.5. The molecule has 0 aliphatic heterocycles. The summed E-state index contributed by atoms with van der Waals surface area (Å²) in [6.07, 6.45) is 2.91. The summed E-state index contributed by atoms with van der Waals surface area (Å²) in [7, 11) is 1.55. The Morgan fingerprint density at radius 3 is 2.85 bits per heavy atom. The number of carbonyl (C=O) groups excluding carboxylic acids is 2. The van der Waals surface area contributed by atoms with E-state index in [-0.39, 0.29) is 18.9 Å². The fourth-order valence-corrected chi connectivity index (χ4v) is 1.33. The first-order valence-electron chi connectivity index (χ1n) is 6.05. The number of hydrogen-bond acceptors (Lipinski definition) is 5. The Balaban J connectivity index is 2.34. The van der Waals surface area contributed by atoms with Crippen molar-refractivity contribution >= 4 is 18.0 Å². The van der Waals surface area contributed by atoms with Crippen molar-refractivity contribution in [2.45, 2.75) is 13.3 Å². The van der Waals surface area contributed by atoms with Gasteiger partial charge in [-0.15, -0.1) is 0 Å². The number of aryl methyl sites for hydroxylation is 1. The molecule has 6 heteroatoms. The molecule has 1 aromatic heterocycles. The zero-order valence-electron chi connectivity index (χ0n) is 11.5. The van der Waals surface area contributed by atoms with Gasteiger partial charge in [-0.3, -0.25) is 4.79 Å². The van der Waals surface area contributed by atoms with Gasteiger partial charge in [-0.25, -0.2) is 4.79 Å². The van der Waals surface area contributed by atoms with E-state index in [2.05, 4.69) is 0 Å². The number of esters is 1. The predicted octanol–water partition coefficient (Wildman–Crippen LogP) is 1.52. The Morgan fingerprint density at radius 2 is 2.25 bits per heavy atom. The second-order valence-corrected chi connectivity index (χ2v) is 4.11. The topological polar surface area (TPSA) is 83.5 Å². The second-order valence-electron chi connectivity index (χ2n) is 4.11. The van der Waals surface area contributed by atoms with Crippen molar-refractivity contribution in [3.63, 3.8) is 0 Å². The van der Waals surface area contributed by atoms with Crippen LogP contribution in [-0.2, 0) is 14.3 Å². The molecule has 0 aliphatic carbocycles. The van der Waals surface area contributed by atoms with Gasteiger partial charge < -0.3 is 14.1 Å². The van der Waals surface area contributed by atoms with Crippen LogP contribution in [0.15, 0.2) is 22.6 Å². The van der Waals surface area contributed by atoms with Crippen LogP contribution in [0.4, 0.5) is 0 Å². The molecule has 0 unspecified atom stereocenters. The highest BCUT2D eigenvalue weighted by molar-refractivity contribution is 5.88. The number of furan rings is 1. The van der Waals surface area contributed by atoms with Gasteiger partial charge in [0.05, 0.1) is 12.5 Å². The van der Waals surface area contributed by atoms with E-state index in [4.69, 9.17) is 14.4 Å². The molecular formula is C14H16N2O4. The lowest BCUT2D eigenvalue weighted by atomic mass is 10.4. The maximum absolute atomic E-state index is 11.5. The molecule has 0 aliphatic rings. The van der Waals surface area contributed by atoms with E-state index in [9.17, 15) is 9.59 Å². The van der Waals surface area contributed by atoms with Crippen molar-refractivity contribution in [2.75, 3.05) is 20.2 Å². The number of nitriles is 1. The van der Waals surface area contributed by atoms with E-state index in [1.807, 2.05) is 6.07 Å². The molecule has 0 fully saturated rings. The molecule has 0 spiro atoms. The predicted molar refractivity (Wildman–Crippen MR) is 71.3 cm³/mol. The molecule has 0 bridgehead atoms. The maximum atomic E-state index is 11.5. The van der Waals surface area contributed by atoms with Crippen LogP contribution < -0.4 is 0 Å². The average Bonchev–Trinajstić information content (AvgIpc) is 2.85. The quantitative estimate of drug-likeness (QED) is 0.581. The lowest BCUT2D eigenvalue weighted by Gasteiger charge is -2.14. The third kappa shape index (κ3) is 5.40. The number of amides is 1. The molecule has 0 saturated heterocycles. The fraction of sp³-hybridized carbons (Fsp3) is 0.357. The molecule has 0 atom stereocenters. The number of likely N-dealkylation sites (N-methyl/N-ethyl adjacent to an activating group) is 1. The third-order valence-corrected chi connectivity index (χ3v) is 2.47. The highest BCUT2D eigenvalue weighted by Crippen LogP contribution is 2.07. The van der Waals surface area contributed by atoms with E-state index in [1.165, 1.54) is 17.1 Å². The monoisotopic (exact) mass is 276 g/mol. The molecule has 0 radical (unpaired) electrons. The summed E-state index contributed by atoms with van der Waals surface area (Å²) >= 11 is 0. The van der Waals surface area contributed by atoms with E-state index in [0.29, 0.717) is 12.3 Å². The van der Waals surface area contributed by atoms with Gasteiger partial charge in [0.15, 0.2) is 6.61 Å². The van der Waals surface area contributed by atoms with Crippen LogP contribution in [0.2, 0.25) is 0 Å². The summed E-state index contributed by atoms with van der Waals surface area (Å²) in [6.45, 7) is 1.77. The molecule has 20 heavy (non-hydrogen) atoms. The van der Waals surface area contributed by atoms with Gasteiger partial charge in [-0.1, -0.05) is 0 Å². The van der Waals surface area contributed by atoms with Crippen molar-refractivity contribution in [1.82, 2.24) is 4.90 Å². The molecule has 1 rings (SSSR count). The van der Waals surface area contributed by atoms with Crippen LogP contribution in [-0.4, -0.2) is 37.0 Å². The Bertz CT molecular complexity index is 540.